The lowest BCUT2D eigenvalue weighted by atomic mass is 10.1. The van der Waals surface area contributed by atoms with Crippen molar-refractivity contribution >= 4 is 11.8 Å². The number of aromatic hydroxyl groups is 2. The SMILES string of the molecule is Cc1cc(=O)n(CCNCn2c(O)c(C(N)=O)c(C)cc2=O)c(O)c1C(N)=O. The average Bonchev–Trinajstić information content (AvgIpc) is 2.54. The van der Waals surface area contributed by atoms with E-state index in [1.54, 1.807) is 0 Å². The van der Waals surface area contributed by atoms with Gasteiger partial charge in [0, 0.05) is 25.2 Å². The molecule has 11 heteroatoms. The third-order valence-corrected chi connectivity index (χ3v) is 4.23. The first-order valence-corrected chi connectivity index (χ1v) is 8.23. The lowest BCUT2D eigenvalue weighted by Gasteiger charge is -2.15. The molecule has 0 saturated carbocycles. The molecule has 2 amide bonds. The third-order valence-electron chi connectivity index (χ3n) is 4.23. The molecule has 0 atom stereocenters. The van der Waals surface area contributed by atoms with Gasteiger partial charge in [-0.15, -0.1) is 0 Å². The van der Waals surface area contributed by atoms with Crippen molar-refractivity contribution in [2.45, 2.75) is 27.1 Å². The van der Waals surface area contributed by atoms with Gasteiger partial charge in [-0.3, -0.25) is 33.6 Å². The molecular formula is C17H21N5O6. The molecule has 2 rings (SSSR count). The van der Waals surface area contributed by atoms with Crippen molar-refractivity contribution in [1.29, 1.82) is 0 Å². The topological polar surface area (TPSA) is 183 Å². The summed E-state index contributed by atoms with van der Waals surface area (Å²) in [6, 6.07) is 2.34. The van der Waals surface area contributed by atoms with Gasteiger partial charge in [0.25, 0.3) is 22.9 Å². The molecule has 2 aromatic rings. The van der Waals surface area contributed by atoms with Crippen molar-refractivity contribution in [3.63, 3.8) is 0 Å². The van der Waals surface area contributed by atoms with E-state index in [2.05, 4.69) is 5.32 Å². The van der Waals surface area contributed by atoms with Gasteiger partial charge in [-0.2, -0.15) is 0 Å². The molecule has 0 aliphatic carbocycles. The van der Waals surface area contributed by atoms with Crippen LogP contribution in [0.15, 0.2) is 21.7 Å². The van der Waals surface area contributed by atoms with Gasteiger partial charge in [-0.05, 0) is 25.0 Å². The number of nitrogens with one attached hydrogen (secondary N) is 1. The van der Waals surface area contributed by atoms with Gasteiger partial charge in [-0.1, -0.05) is 0 Å². The number of primary amides is 2. The van der Waals surface area contributed by atoms with Crippen LogP contribution in [0.25, 0.3) is 0 Å². The van der Waals surface area contributed by atoms with Gasteiger partial charge in [0.05, 0.1) is 6.67 Å². The van der Waals surface area contributed by atoms with Crippen LogP contribution in [0, 0.1) is 13.8 Å². The number of aromatic nitrogens is 2. The maximum absolute atomic E-state index is 12.0. The predicted octanol–water partition coefficient (Wildman–Crippen LogP) is -1.52. The minimum Gasteiger partial charge on any atom is -0.494 e. The fourth-order valence-corrected chi connectivity index (χ4v) is 2.86. The largest absolute Gasteiger partial charge is 0.494 e. The van der Waals surface area contributed by atoms with E-state index in [0.717, 1.165) is 15.2 Å². The van der Waals surface area contributed by atoms with E-state index in [-0.39, 0.29) is 42.0 Å². The van der Waals surface area contributed by atoms with Crippen LogP contribution in [0.3, 0.4) is 0 Å². The van der Waals surface area contributed by atoms with Crippen LogP contribution < -0.4 is 27.9 Å². The van der Waals surface area contributed by atoms with Crippen LogP contribution in [0.4, 0.5) is 0 Å². The highest BCUT2D eigenvalue weighted by Crippen LogP contribution is 2.18. The van der Waals surface area contributed by atoms with E-state index in [0.29, 0.717) is 0 Å². The quantitative estimate of drug-likeness (QED) is 0.355. The predicted molar refractivity (Wildman–Crippen MR) is 99.2 cm³/mol. The van der Waals surface area contributed by atoms with Crippen LogP contribution in [0.2, 0.25) is 0 Å². The van der Waals surface area contributed by atoms with Crippen LogP contribution in [0.5, 0.6) is 11.8 Å². The zero-order valence-corrected chi connectivity index (χ0v) is 15.4. The fraction of sp³-hybridized carbons (Fsp3) is 0.294. The summed E-state index contributed by atoms with van der Waals surface area (Å²) < 4.78 is 1.85. The van der Waals surface area contributed by atoms with Crippen LogP contribution >= 0.6 is 0 Å². The lowest BCUT2D eigenvalue weighted by Crippen LogP contribution is -2.33. The molecule has 0 aromatic carbocycles. The summed E-state index contributed by atoms with van der Waals surface area (Å²) in [7, 11) is 0. The second kappa shape index (κ2) is 7.96. The van der Waals surface area contributed by atoms with Gasteiger partial charge in [0.1, 0.15) is 11.1 Å². The molecule has 11 nitrogen and oxygen atoms in total. The number of pyridine rings is 2. The number of nitrogens with two attached hydrogens (primary N) is 2. The van der Waals surface area contributed by atoms with Crippen molar-refractivity contribution in [3.8, 4) is 11.8 Å². The highest BCUT2D eigenvalue weighted by Gasteiger charge is 2.18. The molecule has 7 N–H and O–H groups in total. The van der Waals surface area contributed by atoms with Crippen LogP contribution in [0.1, 0.15) is 31.8 Å². The number of nitrogens with zero attached hydrogens (tertiary/aromatic N) is 2. The van der Waals surface area contributed by atoms with Crippen molar-refractivity contribution in [2.75, 3.05) is 6.54 Å². The molecule has 0 radical (unpaired) electrons. The van der Waals surface area contributed by atoms with Gasteiger partial charge >= 0.3 is 0 Å². The molecule has 2 heterocycles. The normalized spacial score (nSPS) is 10.8. The Bertz CT molecular complexity index is 984. The molecule has 2 aromatic heterocycles. The zero-order valence-electron chi connectivity index (χ0n) is 15.4. The minimum absolute atomic E-state index is 0.0464. The number of amides is 2. The van der Waals surface area contributed by atoms with Crippen LogP contribution in [-0.2, 0) is 13.2 Å². The number of carbonyl (C=O) groups is 2. The molecule has 0 spiro atoms. The molecule has 0 aliphatic heterocycles. The molecule has 150 valence electrons. The van der Waals surface area contributed by atoms with E-state index in [1.807, 2.05) is 0 Å². The smallest absolute Gasteiger partial charge is 0.254 e. The Morgan fingerprint density at radius 2 is 1.36 bits per heavy atom. The zero-order chi connectivity index (χ0) is 21.2. The highest BCUT2D eigenvalue weighted by molar-refractivity contribution is 5.96. The summed E-state index contributed by atoms with van der Waals surface area (Å²) in [5.41, 5.74) is 9.52. The van der Waals surface area contributed by atoms with E-state index in [4.69, 9.17) is 11.5 Å². The summed E-state index contributed by atoms with van der Waals surface area (Å²) in [5.74, 6) is -2.87. The maximum atomic E-state index is 12.0. The summed E-state index contributed by atoms with van der Waals surface area (Å²) in [5, 5.41) is 23.1. The fourth-order valence-electron chi connectivity index (χ4n) is 2.86. The second-order valence-electron chi connectivity index (χ2n) is 6.19. The van der Waals surface area contributed by atoms with E-state index >= 15 is 0 Å². The number of aryl methyl sites for hydroxylation is 2. The first-order valence-electron chi connectivity index (χ1n) is 8.23. The summed E-state index contributed by atoms with van der Waals surface area (Å²) >= 11 is 0. The monoisotopic (exact) mass is 391 g/mol. The van der Waals surface area contributed by atoms with E-state index in [9.17, 15) is 29.4 Å². The van der Waals surface area contributed by atoms with Crippen molar-refractivity contribution in [1.82, 2.24) is 14.5 Å². The standard InChI is InChI=1S/C17H21N5O6/c1-8-5-10(23)21(16(27)12(8)14(18)25)4-3-20-7-22-11(24)6-9(2)13(15(19)26)17(22)28/h5-6,20,27-28H,3-4,7H2,1-2H3,(H2,18,25)(H2,19,26). The Labute approximate surface area is 158 Å². The van der Waals surface area contributed by atoms with E-state index in [1.165, 1.54) is 19.9 Å². The highest BCUT2D eigenvalue weighted by atomic mass is 16.3. The van der Waals surface area contributed by atoms with Crippen LogP contribution in [-0.4, -0.2) is 37.7 Å². The lowest BCUT2D eigenvalue weighted by molar-refractivity contribution is 0.0986. The first-order chi connectivity index (χ1) is 13.1. The molecular weight excluding hydrogens is 370 g/mol. The minimum atomic E-state index is -0.876. The van der Waals surface area contributed by atoms with Gasteiger partial charge in [0.15, 0.2) is 0 Å². The van der Waals surface area contributed by atoms with Gasteiger partial charge < -0.3 is 21.7 Å². The van der Waals surface area contributed by atoms with Gasteiger partial charge in [0.2, 0.25) is 11.8 Å². The molecule has 0 saturated heterocycles. The first kappa shape index (κ1) is 20.7. The Balaban J connectivity index is 2.19. The molecule has 0 fully saturated rings. The molecule has 0 unspecified atom stereocenters. The molecule has 0 bridgehead atoms. The number of hydrogen-bond acceptors (Lipinski definition) is 7. The molecule has 28 heavy (non-hydrogen) atoms. The Morgan fingerprint density at radius 3 is 1.82 bits per heavy atom. The van der Waals surface area contributed by atoms with E-state index < -0.39 is 34.7 Å². The summed E-state index contributed by atoms with van der Waals surface area (Å²) in [6.07, 6.45) is 0. The van der Waals surface area contributed by atoms with Crippen molar-refractivity contribution in [2.24, 2.45) is 11.5 Å². The number of carbonyl (C=O) groups excluding carboxylic acids is 2. The Kier molecular flexibility index (Phi) is 5.89. The Hall–Kier alpha value is -3.60. The Morgan fingerprint density at radius 1 is 0.929 bits per heavy atom. The third kappa shape index (κ3) is 3.88. The second-order valence-corrected chi connectivity index (χ2v) is 6.19. The summed E-state index contributed by atoms with van der Waals surface area (Å²) in [4.78, 5) is 46.9. The van der Waals surface area contributed by atoms with Crippen molar-refractivity contribution in [3.05, 3.63) is 55.1 Å². The van der Waals surface area contributed by atoms with Crippen molar-refractivity contribution < 1.29 is 19.8 Å². The maximum Gasteiger partial charge on any atom is 0.254 e. The summed E-state index contributed by atoms with van der Waals surface area (Å²) in [6.45, 7) is 2.81. The van der Waals surface area contributed by atoms with Gasteiger partial charge in [-0.25, -0.2) is 0 Å². The molecule has 0 aliphatic rings. The number of hydrogen-bond donors (Lipinski definition) is 5. The number of rotatable bonds is 7. The average molecular weight is 391 g/mol.